The summed E-state index contributed by atoms with van der Waals surface area (Å²) in [6.45, 7) is 18.8. The van der Waals surface area contributed by atoms with Crippen LogP contribution in [0.4, 0.5) is 0 Å². The van der Waals surface area contributed by atoms with Gasteiger partial charge in [0.25, 0.3) is 0 Å². The summed E-state index contributed by atoms with van der Waals surface area (Å²) in [7, 11) is 0. The molecule has 24 heavy (non-hydrogen) atoms. The fraction of sp³-hybridized carbons (Fsp3) is 0.944. The second-order valence-electron chi connectivity index (χ2n) is 6.43. The van der Waals surface area contributed by atoms with Crippen LogP contribution < -0.4 is 10.6 Å². The fourth-order valence-electron chi connectivity index (χ4n) is 2.91. The monoisotopic (exact) mass is 341 g/mol. The Kier molecular flexibility index (Phi) is 11.9. The van der Waals surface area contributed by atoms with Crippen LogP contribution in [0.5, 0.6) is 0 Å². The number of aliphatic imine (C=N–C) groups is 1. The molecule has 0 aromatic heterocycles. The molecule has 0 bridgehead atoms. The first kappa shape index (κ1) is 21.2. The van der Waals surface area contributed by atoms with Crippen molar-refractivity contribution in [3.05, 3.63) is 0 Å². The lowest BCUT2D eigenvalue weighted by atomic mass is 10.2. The molecule has 1 aliphatic heterocycles. The summed E-state index contributed by atoms with van der Waals surface area (Å²) < 4.78 is 5.38. The Morgan fingerprint density at radius 3 is 2.54 bits per heavy atom. The van der Waals surface area contributed by atoms with Crippen LogP contribution in [0, 0.1) is 0 Å². The van der Waals surface area contributed by atoms with Gasteiger partial charge in [-0.2, -0.15) is 0 Å². The molecule has 2 N–H and O–H groups in total. The molecular weight excluding hydrogens is 302 g/mol. The molecule has 6 heteroatoms. The van der Waals surface area contributed by atoms with Crippen molar-refractivity contribution >= 4 is 5.96 Å². The molecule has 142 valence electrons. The molecule has 0 aromatic rings. The van der Waals surface area contributed by atoms with Gasteiger partial charge in [0.05, 0.1) is 19.8 Å². The first-order chi connectivity index (χ1) is 11.7. The van der Waals surface area contributed by atoms with Crippen molar-refractivity contribution in [1.82, 2.24) is 20.4 Å². The van der Waals surface area contributed by atoms with E-state index in [2.05, 4.69) is 48.1 Å². The highest BCUT2D eigenvalue weighted by atomic mass is 16.5. The predicted octanol–water partition coefficient (Wildman–Crippen LogP) is 1.38. The standard InChI is InChI=1S/C18H39N5O/c1-5-19-18(20-10-12-23-13-15-24-16-14-23)21-17(4)9-8-11-22(6-2)7-3/h17H,5-16H2,1-4H3,(H2,19,20,21). The third kappa shape index (κ3) is 9.45. The van der Waals surface area contributed by atoms with Crippen LogP contribution in [-0.2, 0) is 4.74 Å². The summed E-state index contributed by atoms with van der Waals surface area (Å²) in [5.41, 5.74) is 0. The zero-order valence-corrected chi connectivity index (χ0v) is 16.3. The minimum absolute atomic E-state index is 0.446. The number of morpholine rings is 1. The zero-order valence-electron chi connectivity index (χ0n) is 16.3. The Bertz CT molecular complexity index is 327. The second-order valence-corrected chi connectivity index (χ2v) is 6.43. The zero-order chi connectivity index (χ0) is 17.6. The molecule has 1 heterocycles. The van der Waals surface area contributed by atoms with Gasteiger partial charge in [-0.1, -0.05) is 13.8 Å². The lowest BCUT2D eigenvalue weighted by molar-refractivity contribution is 0.0394. The highest BCUT2D eigenvalue weighted by Crippen LogP contribution is 2.00. The van der Waals surface area contributed by atoms with Gasteiger partial charge >= 0.3 is 0 Å². The van der Waals surface area contributed by atoms with E-state index in [1.54, 1.807) is 0 Å². The maximum Gasteiger partial charge on any atom is 0.191 e. The van der Waals surface area contributed by atoms with E-state index in [1.807, 2.05) is 0 Å². The average Bonchev–Trinajstić information content (AvgIpc) is 2.60. The molecule has 1 aliphatic rings. The molecule has 1 fully saturated rings. The van der Waals surface area contributed by atoms with E-state index in [-0.39, 0.29) is 0 Å². The Morgan fingerprint density at radius 2 is 1.92 bits per heavy atom. The van der Waals surface area contributed by atoms with Crippen LogP contribution in [-0.4, -0.2) is 87.4 Å². The van der Waals surface area contributed by atoms with E-state index in [0.29, 0.717) is 6.04 Å². The van der Waals surface area contributed by atoms with E-state index < -0.39 is 0 Å². The molecule has 0 aromatic carbocycles. The van der Waals surface area contributed by atoms with Crippen LogP contribution in [0.3, 0.4) is 0 Å². The number of guanidine groups is 1. The average molecular weight is 342 g/mol. The Labute approximate surface area is 149 Å². The van der Waals surface area contributed by atoms with E-state index in [4.69, 9.17) is 9.73 Å². The lowest BCUT2D eigenvalue weighted by Crippen LogP contribution is -2.43. The lowest BCUT2D eigenvalue weighted by Gasteiger charge is -2.26. The quantitative estimate of drug-likeness (QED) is 0.439. The van der Waals surface area contributed by atoms with Gasteiger partial charge in [-0.25, -0.2) is 0 Å². The molecule has 0 radical (unpaired) electrons. The van der Waals surface area contributed by atoms with Crippen LogP contribution in [0.1, 0.15) is 40.5 Å². The molecular formula is C18H39N5O. The SMILES string of the molecule is CCNC(=NCCN1CCOCC1)NC(C)CCCN(CC)CC. The summed E-state index contributed by atoms with van der Waals surface area (Å²) in [4.78, 5) is 9.63. The topological polar surface area (TPSA) is 52.1 Å². The van der Waals surface area contributed by atoms with Crippen molar-refractivity contribution in [2.24, 2.45) is 4.99 Å². The Morgan fingerprint density at radius 1 is 1.21 bits per heavy atom. The van der Waals surface area contributed by atoms with Crippen molar-refractivity contribution in [3.63, 3.8) is 0 Å². The number of hydrogen-bond donors (Lipinski definition) is 2. The van der Waals surface area contributed by atoms with Gasteiger partial charge in [0.1, 0.15) is 0 Å². The fourth-order valence-corrected chi connectivity index (χ4v) is 2.91. The van der Waals surface area contributed by atoms with E-state index in [0.717, 1.165) is 65.0 Å². The first-order valence-electron chi connectivity index (χ1n) is 9.76. The van der Waals surface area contributed by atoms with E-state index in [1.165, 1.54) is 19.4 Å². The minimum Gasteiger partial charge on any atom is -0.379 e. The Balaban J connectivity index is 2.27. The largest absolute Gasteiger partial charge is 0.379 e. The molecule has 0 amide bonds. The third-order valence-corrected chi connectivity index (χ3v) is 4.52. The molecule has 1 unspecified atom stereocenters. The summed E-state index contributed by atoms with van der Waals surface area (Å²) in [6, 6.07) is 0.446. The maximum absolute atomic E-state index is 5.38. The van der Waals surface area contributed by atoms with Gasteiger partial charge < -0.3 is 20.3 Å². The molecule has 1 saturated heterocycles. The number of nitrogens with zero attached hydrogens (tertiary/aromatic N) is 3. The Hall–Kier alpha value is -0.850. The van der Waals surface area contributed by atoms with Crippen molar-refractivity contribution in [1.29, 1.82) is 0 Å². The van der Waals surface area contributed by atoms with Gasteiger partial charge in [0, 0.05) is 32.2 Å². The highest BCUT2D eigenvalue weighted by Gasteiger charge is 2.10. The van der Waals surface area contributed by atoms with Crippen molar-refractivity contribution in [2.45, 2.75) is 46.6 Å². The molecule has 1 atom stereocenters. The van der Waals surface area contributed by atoms with E-state index in [9.17, 15) is 0 Å². The van der Waals surface area contributed by atoms with Gasteiger partial charge in [0.2, 0.25) is 0 Å². The van der Waals surface area contributed by atoms with Crippen LogP contribution in [0.25, 0.3) is 0 Å². The minimum atomic E-state index is 0.446. The van der Waals surface area contributed by atoms with Gasteiger partial charge in [0.15, 0.2) is 5.96 Å². The number of nitrogens with one attached hydrogen (secondary N) is 2. The summed E-state index contributed by atoms with van der Waals surface area (Å²) in [5, 5.41) is 6.90. The smallest absolute Gasteiger partial charge is 0.191 e. The normalized spacial score (nSPS) is 18.0. The molecule has 0 aliphatic carbocycles. The number of rotatable bonds is 11. The number of hydrogen-bond acceptors (Lipinski definition) is 4. The van der Waals surface area contributed by atoms with Crippen LogP contribution >= 0.6 is 0 Å². The van der Waals surface area contributed by atoms with Gasteiger partial charge in [-0.3, -0.25) is 9.89 Å². The number of ether oxygens (including phenoxy) is 1. The van der Waals surface area contributed by atoms with Crippen molar-refractivity contribution < 1.29 is 4.74 Å². The summed E-state index contributed by atoms with van der Waals surface area (Å²) in [6.07, 6.45) is 2.40. The summed E-state index contributed by atoms with van der Waals surface area (Å²) >= 11 is 0. The van der Waals surface area contributed by atoms with Crippen molar-refractivity contribution in [2.75, 3.05) is 65.6 Å². The maximum atomic E-state index is 5.38. The van der Waals surface area contributed by atoms with E-state index >= 15 is 0 Å². The molecule has 0 saturated carbocycles. The van der Waals surface area contributed by atoms with Gasteiger partial charge in [-0.05, 0) is 46.3 Å². The molecule has 0 spiro atoms. The third-order valence-electron chi connectivity index (χ3n) is 4.52. The van der Waals surface area contributed by atoms with Gasteiger partial charge in [-0.15, -0.1) is 0 Å². The van der Waals surface area contributed by atoms with Crippen molar-refractivity contribution in [3.8, 4) is 0 Å². The van der Waals surface area contributed by atoms with Crippen LogP contribution in [0.15, 0.2) is 4.99 Å². The highest BCUT2D eigenvalue weighted by molar-refractivity contribution is 5.80. The molecule has 6 nitrogen and oxygen atoms in total. The summed E-state index contributed by atoms with van der Waals surface area (Å²) in [5.74, 6) is 0.945. The second kappa shape index (κ2) is 13.4. The molecule has 1 rings (SSSR count). The predicted molar refractivity (Wildman–Crippen MR) is 103 cm³/mol. The first-order valence-corrected chi connectivity index (χ1v) is 9.76. The van der Waals surface area contributed by atoms with Crippen LogP contribution in [0.2, 0.25) is 0 Å².